The minimum atomic E-state index is -0.352. The number of nitrogens with one attached hydrogen (secondary N) is 1. The molecule has 2 aromatic heterocycles. The minimum Gasteiger partial charge on any atom is -0.316 e. The molecule has 1 aliphatic rings. The highest BCUT2D eigenvalue weighted by Gasteiger charge is 2.19. The Labute approximate surface area is 146 Å². The number of aromatic nitrogens is 2. The predicted octanol–water partition coefficient (Wildman–Crippen LogP) is 3.54. The molecule has 1 aromatic carbocycles. The first-order valence-corrected chi connectivity index (χ1v) is 8.92. The van der Waals surface area contributed by atoms with E-state index >= 15 is 0 Å². The van der Waals surface area contributed by atoms with Crippen molar-refractivity contribution < 1.29 is 4.79 Å². The Morgan fingerprint density at radius 2 is 1.96 bits per heavy atom. The number of hydrogen-bond donors (Lipinski definition) is 1. The lowest BCUT2D eigenvalue weighted by atomic mass is 10.0. The molecule has 122 valence electrons. The fourth-order valence-corrected chi connectivity index (χ4v) is 4.24. The third-order valence-electron chi connectivity index (χ3n) is 4.16. The van der Waals surface area contributed by atoms with E-state index < -0.39 is 0 Å². The molecule has 1 N–H and O–H groups in total. The number of carbonyl (C=O) groups excluding carboxylic acids is 1. The molecule has 1 aliphatic carbocycles. The molecular formula is C17H14ClN3O2S. The molecule has 0 unspecified atom stereocenters. The van der Waals surface area contributed by atoms with Gasteiger partial charge < -0.3 is 5.32 Å². The van der Waals surface area contributed by atoms with Gasteiger partial charge in [0, 0.05) is 21.2 Å². The number of carbonyl (C=O) groups is 1. The van der Waals surface area contributed by atoms with Gasteiger partial charge in [-0.1, -0.05) is 11.6 Å². The number of rotatable bonds is 2. The molecule has 5 nitrogen and oxygen atoms in total. The summed E-state index contributed by atoms with van der Waals surface area (Å²) < 4.78 is 1.65. The summed E-state index contributed by atoms with van der Waals surface area (Å²) in [5.74, 6) is -0.352. The lowest BCUT2D eigenvalue weighted by Crippen LogP contribution is -2.24. The summed E-state index contributed by atoms with van der Waals surface area (Å²) >= 11 is 7.39. The predicted molar refractivity (Wildman–Crippen MR) is 95.4 cm³/mol. The van der Waals surface area contributed by atoms with Crippen molar-refractivity contribution in [3.05, 3.63) is 62.0 Å². The standard InChI is InChI=1S/C17H14ClN3O2S/c18-11-7-5-10(6-8-11)15(22)20-12-9-19-17-21(16(12)23)13-3-1-2-4-14(13)24-17/h5-9H,1-4H2,(H,20,22). The van der Waals surface area contributed by atoms with Gasteiger partial charge in [-0.15, -0.1) is 11.3 Å². The maximum atomic E-state index is 12.8. The van der Waals surface area contributed by atoms with Gasteiger partial charge in [0.2, 0.25) is 0 Å². The highest BCUT2D eigenvalue weighted by atomic mass is 35.5. The largest absolute Gasteiger partial charge is 0.316 e. The number of aryl methyl sites for hydroxylation is 2. The average Bonchev–Trinajstić information content (AvgIpc) is 2.97. The van der Waals surface area contributed by atoms with Crippen molar-refractivity contribution in [2.75, 3.05) is 5.32 Å². The van der Waals surface area contributed by atoms with Gasteiger partial charge in [-0.25, -0.2) is 4.98 Å². The van der Waals surface area contributed by atoms with E-state index in [-0.39, 0.29) is 17.2 Å². The summed E-state index contributed by atoms with van der Waals surface area (Å²) in [5, 5.41) is 3.22. The zero-order valence-corrected chi connectivity index (χ0v) is 14.3. The molecule has 2 heterocycles. The first-order chi connectivity index (χ1) is 11.6. The Bertz CT molecular complexity index is 991. The number of nitrogens with zero attached hydrogens (tertiary/aromatic N) is 2. The van der Waals surface area contributed by atoms with Crippen LogP contribution in [0.25, 0.3) is 4.96 Å². The van der Waals surface area contributed by atoms with E-state index in [1.165, 1.54) is 11.1 Å². The fourth-order valence-electron chi connectivity index (χ4n) is 2.95. The molecule has 0 aliphatic heterocycles. The molecule has 7 heteroatoms. The molecule has 0 radical (unpaired) electrons. The van der Waals surface area contributed by atoms with E-state index in [0.29, 0.717) is 15.5 Å². The molecule has 0 atom stereocenters. The van der Waals surface area contributed by atoms with Gasteiger partial charge in [-0.05, 0) is 49.9 Å². The monoisotopic (exact) mass is 359 g/mol. The summed E-state index contributed by atoms with van der Waals surface area (Å²) in [4.78, 5) is 31.4. The molecule has 0 saturated heterocycles. The molecular weight excluding hydrogens is 346 g/mol. The summed E-state index contributed by atoms with van der Waals surface area (Å²) in [6, 6.07) is 6.52. The van der Waals surface area contributed by atoms with Crippen molar-refractivity contribution in [3.63, 3.8) is 0 Å². The maximum absolute atomic E-state index is 12.8. The molecule has 4 rings (SSSR count). The van der Waals surface area contributed by atoms with Gasteiger partial charge in [-0.2, -0.15) is 0 Å². The van der Waals surface area contributed by atoms with Crippen LogP contribution < -0.4 is 10.9 Å². The molecule has 3 aromatic rings. The third kappa shape index (κ3) is 2.61. The number of amides is 1. The number of benzene rings is 1. The number of halogens is 1. The maximum Gasteiger partial charge on any atom is 0.282 e. The van der Waals surface area contributed by atoms with Gasteiger partial charge in [-0.3, -0.25) is 14.0 Å². The van der Waals surface area contributed by atoms with Crippen molar-refractivity contribution in [1.29, 1.82) is 0 Å². The molecule has 0 saturated carbocycles. The topological polar surface area (TPSA) is 63.5 Å². The van der Waals surface area contributed by atoms with E-state index in [1.807, 2.05) is 0 Å². The molecule has 0 fully saturated rings. The highest BCUT2D eigenvalue weighted by Crippen LogP contribution is 2.28. The van der Waals surface area contributed by atoms with Crippen LogP contribution in [0.1, 0.15) is 33.8 Å². The Morgan fingerprint density at radius 3 is 2.75 bits per heavy atom. The van der Waals surface area contributed by atoms with E-state index in [4.69, 9.17) is 11.6 Å². The van der Waals surface area contributed by atoms with Crippen molar-refractivity contribution in [2.24, 2.45) is 0 Å². The third-order valence-corrected chi connectivity index (χ3v) is 5.57. The quantitative estimate of drug-likeness (QED) is 0.761. The number of anilines is 1. The van der Waals surface area contributed by atoms with Crippen LogP contribution in [0, 0.1) is 0 Å². The Kier molecular flexibility index (Phi) is 3.86. The smallest absolute Gasteiger partial charge is 0.282 e. The molecule has 0 bridgehead atoms. The first-order valence-electron chi connectivity index (χ1n) is 7.73. The Morgan fingerprint density at radius 1 is 1.21 bits per heavy atom. The Hall–Kier alpha value is -2.18. The van der Waals surface area contributed by atoms with E-state index in [2.05, 4.69) is 10.3 Å². The number of thiazole rings is 1. The molecule has 0 spiro atoms. The second kappa shape index (κ2) is 6.03. The zero-order valence-electron chi connectivity index (χ0n) is 12.7. The van der Waals surface area contributed by atoms with Crippen molar-refractivity contribution in [1.82, 2.24) is 9.38 Å². The SMILES string of the molecule is O=C(Nc1cnc2sc3c(n2c1=O)CCCC3)c1ccc(Cl)cc1. The first kappa shape index (κ1) is 15.4. The van der Waals surface area contributed by atoms with Crippen LogP contribution in [0.5, 0.6) is 0 Å². The van der Waals surface area contributed by atoms with Gasteiger partial charge in [0.1, 0.15) is 5.69 Å². The minimum absolute atomic E-state index is 0.193. The van der Waals surface area contributed by atoms with E-state index in [0.717, 1.165) is 31.4 Å². The summed E-state index contributed by atoms with van der Waals surface area (Å²) in [6.45, 7) is 0. The van der Waals surface area contributed by atoms with Gasteiger partial charge in [0.25, 0.3) is 11.5 Å². The van der Waals surface area contributed by atoms with Crippen LogP contribution in [0.2, 0.25) is 5.02 Å². The van der Waals surface area contributed by atoms with Gasteiger partial charge in [0.05, 0.1) is 6.20 Å². The van der Waals surface area contributed by atoms with Crippen LogP contribution in [0.15, 0.2) is 35.3 Å². The van der Waals surface area contributed by atoms with Crippen molar-refractivity contribution >= 4 is 39.5 Å². The summed E-state index contributed by atoms with van der Waals surface area (Å²) in [6.07, 6.45) is 5.54. The second-order valence-electron chi connectivity index (χ2n) is 5.74. The number of fused-ring (bicyclic) bond motifs is 3. The lowest BCUT2D eigenvalue weighted by Gasteiger charge is -2.10. The van der Waals surface area contributed by atoms with Crippen LogP contribution in [-0.2, 0) is 12.8 Å². The zero-order chi connectivity index (χ0) is 16.7. The van der Waals surface area contributed by atoms with Crippen LogP contribution >= 0.6 is 22.9 Å². The van der Waals surface area contributed by atoms with E-state index in [9.17, 15) is 9.59 Å². The number of hydrogen-bond acceptors (Lipinski definition) is 4. The summed E-state index contributed by atoms with van der Waals surface area (Å²) in [5.41, 5.74) is 1.46. The van der Waals surface area contributed by atoms with Crippen LogP contribution in [0.3, 0.4) is 0 Å². The van der Waals surface area contributed by atoms with Crippen molar-refractivity contribution in [2.45, 2.75) is 25.7 Å². The normalized spacial score (nSPS) is 13.7. The van der Waals surface area contributed by atoms with Crippen molar-refractivity contribution in [3.8, 4) is 0 Å². The van der Waals surface area contributed by atoms with Gasteiger partial charge >= 0.3 is 0 Å². The van der Waals surface area contributed by atoms with Crippen LogP contribution in [0.4, 0.5) is 5.69 Å². The highest BCUT2D eigenvalue weighted by molar-refractivity contribution is 7.17. The second-order valence-corrected chi connectivity index (χ2v) is 7.23. The van der Waals surface area contributed by atoms with Crippen LogP contribution in [-0.4, -0.2) is 15.3 Å². The Balaban J connectivity index is 1.72. The average molecular weight is 360 g/mol. The lowest BCUT2D eigenvalue weighted by molar-refractivity contribution is 0.102. The molecule has 24 heavy (non-hydrogen) atoms. The fraction of sp³-hybridized carbons (Fsp3) is 0.235. The summed E-state index contributed by atoms with van der Waals surface area (Å²) in [7, 11) is 0. The molecule has 1 amide bonds. The van der Waals surface area contributed by atoms with E-state index in [1.54, 1.807) is 40.0 Å². The van der Waals surface area contributed by atoms with Gasteiger partial charge in [0.15, 0.2) is 4.96 Å².